The van der Waals surface area contributed by atoms with E-state index in [0.29, 0.717) is 11.3 Å². The zero-order valence-electron chi connectivity index (χ0n) is 11.2. The van der Waals surface area contributed by atoms with E-state index >= 15 is 0 Å². The summed E-state index contributed by atoms with van der Waals surface area (Å²) < 4.78 is 6.13. The molecule has 0 atom stereocenters. The summed E-state index contributed by atoms with van der Waals surface area (Å²) in [6, 6.07) is 11.2. The van der Waals surface area contributed by atoms with Crippen LogP contribution >= 0.6 is 15.9 Å². The molecule has 0 spiro atoms. The summed E-state index contributed by atoms with van der Waals surface area (Å²) in [6.45, 7) is 3.97. The first-order valence-corrected chi connectivity index (χ1v) is 6.78. The Morgan fingerprint density at radius 1 is 1.11 bits per heavy atom. The van der Waals surface area contributed by atoms with E-state index in [0.717, 1.165) is 21.2 Å². The highest BCUT2D eigenvalue weighted by atomic mass is 79.9. The predicted molar refractivity (Wildman–Crippen MR) is 80.0 cm³/mol. The van der Waals surface area contributed by atoms with E-state index < -0.39 is 0 Å². The Morgan fingerprint density at radius 2 is 1.84 bits per heavy atom. The third-order valence-corrected chi connectivity index (χ3v) is 3.75. The monoisotopic (exact) mass is 318 g/mol. The van der Waals surface area contributed by atoms with E-state index in [4.69, 9.17) is 4.74 Å². The average molecular weight is 319 g/mol. The van der Waals surface area contributed by atoms with Gasteiger partial charge in [0.15, 0.2) is 5.78 Å². The van der Waals surface area contributed by atoms with Crippen LogP contribution in [0, 0.1) is 13.8 Å². The van der Waals surface area contributed by atoms with Gasteiger partial charge in [-0.2, -0.15) is 0 Å². The van der Waals surface area contributed by atoms with Gasteiger partial charge < -0.3 is 4.74 Å². The lowest BCUT2D eigenvalue weighted by atomic mass is 9.96. The quantitative estimate of drug-likeness (QED) is 0.788. The van der Waals surface area contributed by atoms with Crippen LogP contribution in [0.1, 0.15) is 27.0 Å². The Hall–Kier alpha value is -1.61. The molecule has 0 bridgehead atoms. The van der Waals surface area contributed by atoms with Gasteiger partial charge in [-0.1, -0.05) is 34.1 Å². The van der Waals surface area contributed by atoms with Crippen molar-refractivity contribution in [3.63, 3.8) is 0 Å². The highest BCUT2D eigenvalue weighted by molar-refractivity contribution is 9.10. The van der Waals surface area contributed by atoms with Gasteiger partial charge in [-0.15, -0.1) is 0 Å². The van der Waals surface area contributed by atoms with Crippen molar-refractivity contribution in [3.05, 3.63) is 63.1 Å². The lowest BCUT2D eigenvalue weighted by molar-refractivity contribution is 0.103. The van der Waals surface area contributed by atoms with E-state index in [1.165, 1.54) is 0 Å². The van der Waals surface area contributed by atoms with Crippen LogP contribution < -0.4 is 4.74 Å². The average Bonchev–Trinajstić information content (AvgIpc) is 2.41. The van der Waals surface area contributed by atoms with E-state index in [2.05, 4.69) is 15.9 Å². The molecule has 19 heavy (non-hydrogen) atoms. The fraction of sp³-hybridized carbons (Fsp3) is 0.188. The number of methoxy groups -OCH3 is 1. The molecule has 0 aromatic heterocycles. The molecule has 0 amide bonds. The maximum Gasteiger partial charge on any atom is 0.197 e. The number of halogens is 1. The predicted octanol–water partition coefficient (Wildman–Crippen LogP) is 4.31. The first-order valence-electron chi connectivity index (χ1n) is 5.99. The third-order valence-electron chi connectivity index (χ3n) is 3.26. The first kappa shape index (κ1) is 13.8. The summed E-state index contributed by atoms with van der Waals surface area (Å²) >= 11 is 3.39. The van der Waals surface area contributed by atoms with Crippen molar-refractivity contribution >= 4 is 21.7 Å². The lowest BCUT2D eigenvalue weighted by Crippen LogP contribution is -2.06. The standard InChI is InChI=1S/C16H15BrO2/c1-10-5-4-6-13(11(10)2)16(18)14-9-12(17)7-8-15(14)19-3/h4-9H,1-3H3. The highest BCUT2D eigenvalue weighted by Crippen LogP contribution is 2.27. The van der Waals surface area contributed by atoms with Crippen molar-refractivity contribution in [2.45, 2.75) is 13.8 Å². The molecule has 0 saturated carbocycles. The van der Waals surface area contributed by atoms with Crippen LogP contribution in [0.3, 0.4) is 0 Å². The van der Waals surface area contributed by atoms with Crippen molar-refractivity contribution in [3.8, 4) is 5.75 Å². The smallest absolute Gasteiger partial charge is 0.197 e. The number of hydrogen-bond donors (Lipinski definition) is 0. The molecule has 2 rings (SSSR count). The minimum absolute atomic E-state index is 0.0145. The second-order valence-corrected chi connectivity index (χ2v) is 5.34. The van der Waals surface area contributed by atoms with Gasteiger partial charge in [-0.3, -0.25) is 4.79 Å². The fourth-order valence-corrected chi connectivity index (χ4v) is 2.36. The number of aryl methyl sites for hydroxylation is 1. The molecule has 0 fully saturated rings. The summed E-state index contributed by atoms with van der Waals surface area (Å²) in [5.41, 5.74) is 3.41. The van der Waals surface area contributed by atoms with E-state index in [1.54, 1.807) is 19.2 Å². The number of carbonyl (C=O) groups excluding carboxylic acids is 1. The first-order chi connectivity index (χ1) is 9.04. The molecule has 0 aliphatic carbocycles. The highest BCUT2D eigenvalue weighted by Gasteiger charge is 2.17. The second-order valence-electron chi connectivity index (χ2n) is 4.42. The number of ketones is 1. The summed E-state index contributed by atoms with van der Waals surface area (Å²) in [4.78, 5) is 12.7. The number of carbonyl (C=O) groups is 1. The molecule has 0 heterocycles. The Morgan fingerprint density at radius 3 is 2.53 bits per heavy atom. The van der Waals surface area contributed by atoms with Crippen molar-refractivity contribution < 1.29 is 9.53 Å². The molecule has 0 saturated heterocycles. The normalized spacial score (nSPS) is 10.3. The molecule has 3 heteroatoms. The molecule has 98 valence electrons. The Bertz CT molecular complexity index is 633. The van der Waals surface area contributed by atoms with Crippen LogP contribution in [0.25, 0.3) is 0 Å². The minimum atomic E-state index is -0.0145. The Balaban J connectivity index is 2.56. The maximum atomic E-state index is 12.7. The van der Waals surface area contributed by atoms with Gasteiger partial charge in [0.2, 0.25) is 0 Å². The van der Waals surface area contributed by atoms with Gasteiger partial charge in [0, 0.05) is 10.0 Å². The van der Waals surface area contributed by atoms with E-state index in [9.17, 15) is 4.79 Å². The summed E-state index contributed by atoms with van der Waals surface area (Å²) in [7, 11) is 1.57. The SMILES string of the molecule is COc1ccc(Br)cc1C(=O)c1cccc(C)c1C. The summed E-state index contributed by atoms with van der Waals surface area (Å²) in [5.74, 6) is 0.577. The molecule has 0 radical (unpaired) electrons. The molecular weight excluding hydrogens is 304 g/mol. The van der Waals surface area contributed by atoms with Crippen LogP contribution in [0.15, 0.2) is 40.9 Å². The number of hydrogen-bond acceptors (Lipinski definition) is 2. The zero-order chi connectivity index (χ0) is 14.0. The Kier molecular flexibility index (Phi) is 4.05. The molecule has 2 nitrogen and oxygen atoms in total. The van der Waals surface area contributed by atoms with Gasteiger partial charge >= 0.3 is 0 Å². The van der Waals surface area contributed by atoms with Crippen molar-refractivity contribution in [2.24, 2.45) is 0 Å². The Labute approximate surface area is 121 Å². The van der Waals surface area contributed by atoms with Gasteiger partial charge in [0.05, 0.1) is 12.7 Å². The zero-order valence-corrected chi connectivity index (χ0v) is 12.7. The molecule has 0 unspecified atom stereocenters. The largest absolute Gasteiger partial charge is 0.496 e. The number of ether oxygens (including phenoxy) is 1. The molecule has 0 N–H and O–H groups in total. The molecule has 0 aliphatic heterocycles. The van der Waals surface area contributed by atoms with Crippen molar-refractivity contribution in [2.75, 3.05) is 7.11 Å². The molecule has 0 aliphatic rings. The summed E-state index contributed by atoms with van der Waals surface area (Å²) in [5, 5.41) is 0. The van der Waals surface area contributed by atoms with Crippen LogP contribution in [0.4, 0.5) is 0 Å². The maximum absolute atomic E-state index is 12.7. The van der Waals surface area contributed by atoms with Crippen molar-refractivity contribution in [1.82, 2.24) is 0 Å². The van der Waals surface area contributed by atoms with Crippen molar-refractivity contribution in [1.29, 1.82) is 0 Å². The van der Waals surface area contributed by atoms with E-state index in [1.807, 2.05) is 38.1 Å². The van der Waals surface area contributed by atoms with Gasteiger partial charge in [0.25, 0.3) is 0 Å². The van der Waals surface area contributed by atoms with Gasteiger partial charge in [-0.05, 0) is 43.2 Å². The van der Waals surface area contributed by atoms with Gasteiger partial charge in [0.1, 0.15) is 5.75 Å². The lowest BCUT2D eigenvalue weighted by Gasteiger charge is -2.11. The second kappa shape index (κ2) is 5.57. The molecular formula is C16H15BrO2. The third kappa shape index (κ3) is 2.71. The van der Waals surface area contributed by atoms with Crippen LogP contribution in [0.5, 0.6) is 5.75 Å². The number of benzene rings is 2. The van der Waals surface area contributed by atoms with Crippen LogP contribution in [0.2, 0.25) is 0 Å². The summed E-state index contributed by atoms with van der Waals surface area (Å²) in [6.07, 6.45) is 0. The fourth-order valence-electron chi connectivity index (χ4n) is 2.00. The number of rotatable bonds is 3. The topological polar surface area (TPSA) is 26.3 Å². The molecule has 2 aromatic carbocycles. The van der Waals surface area contributed by atoms with Crippen LogP contribution in [-0.2, 0) is 0 Å². The van der Waals surface area contributed by atoms with E-state index in [-0.39, 0.29) is 5.78 Å². The minimum Gasteiger partial charge on any atom is -0.496 e. The van der Waals surface area contributed by atoms with Crippen LogP contribution in [-0.4, -0.2) is 12.9 Å². The molecule has 2 aromatic rings. The van der Waals surface area contributed by atoms with Gasteiger partial charge in [-0.25, -0.2) is 0 Å².